The summed E-state index contributed by atoms with van der Waals surface area (Å²) in [5, 5.41) is 9.26. The van der Waals surface area contributed by atoms with Crippen LogP contribution >= 0.6 is 0 Å². The lowest BCUT2D eigenvalue weighted by molar-refractivity contribution is -0.152. The Balaban J connectivity index is 2.09. The van der Waals surface area contributed by atoms with Gasteiger partial charge in [-0.25, -0.2) is 0 Å². The van der Waals surface area contributed by atoms with Crippen LogP contribution in [0.1, 0.15) is 39.5 Å². The highest BCUT2D eigenvalue weighted by atomic mass is 16.4. The van der Waals surface area contributed by atoms with Crippen LogP contribution in [0.2, 0.25) is 0 Å². The van der Waals surface area contributed by atoms with Crippen molar-refractivity contribution < 1.29 is 14.7 Å². The summed E-state index contributed by atoms with van der Waals surface area (Å²) in [5.74, 6) is -1.08. The van der Waals surface area contributed by atoms with Crippen molar-refractivity contribution in [1.82, 2.24) is 4.90 Å². The molecule has 0 aromatic rings. The number of carboxylic acids is 1. The second-order valence-electron chi connectivity index (χ2n) is 6.00. The Morgan fingerprint density at radius 1 is 1.16 bits per heavy atom. The predicted molar refractivity (Wildman–Crippen MR) is 72.6 cm³/mol. The van der Waals surface area contributed by atoms with E-state index >= 15 is 0 Å². The van der Waals surface area contributed by atoms with Gasteiger partial charge < -0.3 is 10.0 Å². The number of carbonyl (C=O) groups excluding carboxylic acids is 1. The average Bonchev–Trinajstić information content (AvgIpc) is 2.38. The molecule has 0 aromatic heterocycles. The quantitative estimate of drug-likeness (QED) is 0.779. The van der Waals surface area contributed by atoms with Crippen LogP contribution in [0.3, 0.4) is 0 Å². The molecule has 2 rings (SSSR count). The lowest BCUT2D eigenvalue weighted by Gasteiger charge is -2.39. The SMILES string of the molecule is CC1CCN(C(=O)C2CC=CCC2C(=O)O)C(C)C1. The van der Waals surface area contributed by atoms with E-state index in [2.05, 4.69) is 13.8 Å². The van der Waals surface area contributed by atoms with Gasteiger partial charge >= 0.3 is 5.97 Å². The van der Waals surface area contributed by atoms with Crippen molar-refractivity contribution in [2.45, 2.75) is 45.6 Å². The number of nitrogens with zero attached hydrogens (tertiary/aromatic N) is 1. The van der Waals surface area contributed by atoms with E-state index in [1.54, 1.807) is 0 Å². The first kappa shape index (κ1) is 14.1. The first-order chi connectivity index (χ1) is 9.00. The number of aliphatic carboxylic acids is 1. The third kappa shape index (κ3) is 2.99. The van der Waals surface area contributed by atoms with Gasteiger partial charge in [0, 0.05) is 12.6 Å². The van der Waals surface area contributed by atoms with Gasteiger partial charge in [-0.2, -0.15) is 0 Å². The lowest BCUT2D eigenvalue weighted by Crippen LogP contribution is -2.49. The summed E-state index contributed by atoms with van der Waals surface area (Å²) >= 11 is 0. The van der Waals surface area contributed by atoms with E-state index in [1.807, 2.05) is 17.1 Å². The van der Waals surface area contributed by atoms with Crippen molar-refractivity contribution in [1.29, 1.82) is 0 Å². The van der Waals surface area contributed by atoms with Crippen LogP contribution in [0.5, 0.6) is 0 Å². The number of hydrogen-bond acceptors (Lipinski definition) is 2. The van der Waals surface area contributed by atoms with Crippen LogP contribution < -0.4 is 0 Å². The van der Waals surface area contributed by atoms with E-state index in [0.717, 1.165) is 19.4 Å². The van der Waals surface area contributed by atoms with E-state index in [9.17, 15) is 14.7 Å². The Labute approximate surface area is 114 Å². The summed E-state index contributed by atoms with van der Waals surface area (Å²) in [4.78, 5) is 25.8. The van der Waals surface area contributed by atoms with Gasteiger partial charge in [0.05, 0.1) is 11.8 Å². The highest BCUT2D eigenvalue weighted by Crippen LogP contribution is 2.31. The highest BCUT2D eigenvalue weighted by Gasteiger charge is 2.38. The number of hydrogen-bond donors (Lipinski definition) is 1. The molecule has 1 heterocycles. The summed E-state index contributed by atoms with van der Waals surface area (Å²) in [6, 6.07) is 0.233. The number of likely N-dealkylation sites (tertiary alicyclic amines) is 1. The zero-order valence-electron chi connectivity index (χ0n) is 11.7. The molecule has 1 N–H and O–H groups in total. The molecule has 1 aliphatic heterocycles. The first-order valence-corrected chi connectivity index (χ1v) is 7.19. The van der Waals surface area contributed by atoms with Crippen molar-refractivity contribution >= 4 is 11.9 Å². The zero-order valence-corrected chi connectivity index (χ0v) is 11.7. The van der Waals surface area contributed by atoms with Crippen molar-refractivity contribution in [2.75, 3.05) is 6.54 Å². The van der Waals surface area contributed by atoms with Crippen LogP contribution in [0.15, 0.2) is 12.2 Å². The molecule has 1 saturated heterocycles. The summed E-state index contributed by atoms with van der Waals surface area (Å²) in [7, 11) is 0. The molecular weight excluding hydrogens is 242 g/mol. The van der Waals surface area contributed by atoms with Gasteiger partial charge in [-0.1, -0.05) is 19.1 Å². The standard InChI is InChI=1S/C15H23NO3/c1-10-7-8-16(11(2)9-10)14(17)12-5-3-4-6-13(12)15(18)19/h3-4,10-13H,5-9H2,1-2H3,(H,18,19). The molecule has 0 bridgehead atoms. The van der Waals surface area contributed by atoms with Crippen molar-refractivity contribution in [3.8, 4) is 0 Å². The predicted octanol–water partition coefficient (Wildman–Crippen LogP) is 2.30. The molecule has 0 radical (unpaired) electrons. The molecule has 0 aromatic carbocycles. The molecule has 0 spiro atoms. The molecule has 4 nitrogen and oxygen atoms in total. The van der Waals surface area contributed by atoms with Crippen molar-refractivity contribution in [2.24, 2.45) is 17.8 Å². The molecule has 106 valence electrons. The zero-order chi connectivity index (χ0) is 14.0. The number of allylic oxidation sites excluding steroid dienone is 2. The Hall–Kier alpha value is -1.32. The topological polar surface area (TPSA) is 57.6 Å². The fourth-order valence-corrected chi connectivity index (χ4v) is 3.31. The van der Waals surface area contributed by atoms with Gasteiger partial charge in [0.15, 0.2) is 0 Å². The largest absolute Gasteiger partial charge is 0.481 e. The first-order valence-electron chi connectivity index (χ1n) is 7.19. The Bertz CT molecular complexity index is 391. The average molecular weight is 265 g/mol. The van der Waals surface area contributed by atoms with E-state index in [4.69, 9.17) is 0 Å². The van der Waals surface area contributed by atoms with Crippen LogP contribution in [0.4, 0.5) is 0 Å². The number of piperidine rings is 1. The van der Waals surface area contributed by atoms with Gasteiger partial charge in [0.1, 0.15) is 0 Å². The third-order valence-electron chi connectivity index (χ3n) is 4.49. The van der Waals surface area contributed by atoms with Gasteiger partial charge in [-0.3, -0.25) is 9.59 Å². The van der Waals surface area contributed by atoms with Gasteiger partial charge in [0.2, 0.25) is 5.91 Å². The molecule has 1 amide bonds. The normalized spacial score (nSPS) is 35.2. The van der Waals surface area contributed by atoms with Gasteiger partial charge in [0.25, 0.3) is 0 Å². The van der Waals surface area contributed by atoms with Crippen LogP contribution in [-0.4, -0.2) is 34.5 Å². The van der Waals surface area contributed by atoms with Crippen molar-refractivity contribution in [3.05, 3.63) is 12.2 Å². The maximum absolute atomic E-state index is 12.6. The Morgan fingerprint density at radius 2 is 1.79 bits per heavy atom. The molecule has 4 atom stereocenters. The maximum Gasteiger partial charge on any atom is 0.307 e. The molecule has 2 aliphatic rings. The molecular formula is C15H23NO3. The lowest BCUT2D eigenvalue weighted by atomic mass is 9.81. The number of carbonyl (C=O) groups is 2. The van der Waals surface area contributed by atoms with E-state index in [1.165, 1.54) is 0 Å². The van der Waals surface area contributed by atoms with Crippen molar-refractivity contribution in [3.63, 3.8) is 0 Å². The smallest absolute Gasteiger partial charge is 0.307 e. The highest BCUT2D eigenvalue weighted by molar-refractivity contribution is 5.85. The van der Waals surface area contributed by atoms with Crippen LogP contribution in [0.25, 0.3) is 0 Å². The van der Waals surface area contributed by atoms with Crippen LogP contribution in [0, 0.1) is 17.8 Å². The van der Waals surface area contributed by atoms with Gasteiger partial charge in [-0.05, 0) is 38.5 Å². The second kappa shape index (κ2) is 5.76. The summed E-state index contributed by atoms with van der Waals surface area (Å²) in [5.41, 5.74) is 0. The number of rotatable bonds is 2. The Kier molecular flexibility index (Phi) is 4.27. The number of carboxylic acid groups (broad SMARTS) is 1. The summed E-state index contributed by atoms with van der Waals surface area (Å²) in [6.45, 7) is 5.05. The molecule has 1 fully saturated rings. The minimum Gasteiger partial charge on any atom is -0.481 e. The molecule has 0 saturated carbocycles. The maximum atomic E-state index is 12.6. The van der Waals surface area contributed by atoms with Gasteiger partial charge in [-0.15, -0.1) is 0 Å². The minimum atomic E-state index is -0.847. The summed E-state index contributed by atoms with van der Waals surface area (Å²) in [6.07, 6.45) is 6.91. The monoisotopic (exact) mass is 265 g/mol. The van der Waals surface area contributed by atoms with E-state index in [-0.39, 0.29) is 17.9 Å². The van der Waals surface area contributed by atoms with Crippen LogP contribution in [-0.2, 0) is 9.59 Å². The fourth-order valence-electron chi connectivity index (χ4n) is 3.31. The fraction of sp³-hybridized carbons (Fsp3) is 0.733. The van der Waals surface area contributed by atoms with E-state index in [0.29, 0.717) is 18.8 Å². The number of amides is 1. The minimum absolute atomic E-state index is 0.0381. The second-order valence-corrected chi connectivity index (χ2v) is 6.00. The summed E-state index contributed by atoms with van der Waals surface area (Å²) < 4.78 is 0. The molecule has 19 heavy (non-hydrogen) atoms. The third-order valence-corrected chi connectivity index (χ3v) is 4.49. The molecule has 1 aliphatic carbocycles. The molecule has 4 heteroatoms. The molecule has 4 unspecified atom stereocenters. The van der Waals surface area contributed by atoms with E-state index < -0.39 is 11.9 Å². The Morgan fingerprint density at radius 3 is 2.37 bits per heavy atom.